The molecule has 0 aliphatic heterocycles. The van der Waals surface area contributed by atoms with E-state index in [2.05, 4.69) is 31.1 Å². The van der Waals surface area contributed by atoms with Crippen LogP contribution in [0.5, 0.6) is 5.75 Å². The van der Waals surface area contributed by atoms with Crippen LogP contribution in [0.25, 0.3) is 0 Å². The summed E-state index contributed by atoms with van der Waals surface area (Å²) in [5, 5.41) is 3.35. The molecule has 20 heavy (non-hydrogen) atoms. The highest BCUT2D eigenvalue weighted by molar-refractivity contribution is 5.19. The van der Waals surface area contributed by atoms with E-state index in [0.29, 0.717) is 5.92 Å². The third kappa shape index (κ3) is 6.90. The van der Waals surface area contributed by atoms with Crippen LogP contribution < -0.4 is 10.1 Å². The Kier molecular flexibility index (Phi) is 9.05. The lowest BCUT2D eigenvalue weighted by Gasteiger charge is -2.15. The van der Waals surface area contributed by atoms with Gasteiger partial charge in [0.2, 0.25) is 0 Å². The normalized spacial score (nSPS) is 12.3. The summed E-state index contributed by atoms with van der Waals surface area (Å²) in [5.41, 5.74) is 1.07. The van der Waals surface area contributed by atoms with Crippen LogP contribution in [-0.4, -0.2) is 18.1 Å². The highest BCUT2D eigenvalue weighted by Crippen LogP contribution is 2.16. The summed E-state index contributed by atoms with van der Waals surface area (Å²) in [4.78, 5) is 4.43. The molecule has 0 aromatic carbocycles. The van der Waals surface area contributed by atoms with Gasteiger partial charge in [0.1, 0.15) is 5.75 Å². The molecule has 3 nitrogen and oxygen atoms in total. The standard InChI is InChI=1S/C17H30N2O/c1-4-7-8-15(6-3)14-20-17-10-9-16(19-13-17)12-18-11-5-2/h9-10,13,15,18H,4-8,11-12,14H2,1-3H3. The van der Waals surface area contributed by atoms with Gasteiger partial charge in [0.25, 0.3) is 0 Å². The number of rotatable bonds is 11. The summed E-state index contributed by atoms with van der Waals surface area (Å²) in [6, 6.07) is 4.08. The number of hydrogen-bond acceptors (Lipinski definition) is 3. The van der Waals surface area contributed by atoms with Crippen LogP contribution in [0.4, 0.5) is 0 Å². The van der Waals surface area contributed by atoms with Crippen molar-refractivity contribution in [3.05, 3.63) is 24.0 Å². The van der Waals surface area contributed by atoms with E-state index >= 15 is 0 Å². The monoisotopic (exact) mass is 278 g/mol. The Balaban J connectivity index is 2.32. The summed E-state index contributed by atoms with van der Waals surface area (Å²) < 4.78 is 5.85. The number of hydrogen-bond donors (Lipinski definition) is 1. The molecule has 1 rings (SSSR count). The Morgan fingerprint density at radius 1 is 1.20 bits per heavy atom. The van der Waals surface area contributed by atoms with Crippen molar-refractivity contribution in [1.29, 1.82) is 0 Å². The van der Waals surface area contributed by atoms with Crippen LogP contribution in [-0.2, 0) is 6.54 Å². The van der Waals surface area contributed by atoms with Crippen molar-refractivity contribution in [2.75, 3.05) is 13.2 Å². The topological polar surface area (TPSA) is 34.1 Å². The fraction of sp³-hybridized carbons (Fsp3) is 0.706. The molecule has 0 saturated carbocycles. The largest absolute Gasteiger partial charge is 0.492 e. The van der Waals surface area contributed by atoms with Crippen LogP contribution in [0.15, 0.2) is 18.3 Å². The fourth-order valence-corrected chi connectivity index (χ4v) is 2.11. The Bertz CT molecular complexity index is 337. The van der Waals surface area contributed by atoms with E-state index in [-0.39, 0.29) is 0 Å². The molecule has 1 aromatic rings. The van der Waals surface area contributed by atoms with Gasteiger partial charge >= 0.3 is 0 Å². The molecule has 3 heteroatoms. The first-order valence-corrected chi connectivity index (χ1v) is 8.08. The van der Waals surface area contributed by atoms with E-state index in [1.54, 1.807) is 0 Å². The maximum Gasteiger partial charge on any atom is 0.137 e. The average molecular weight is 278 g/mol. The molecule has 1 atom stereocenters. The molecule has 0 amide bonds. The van der Waals surface area contributed by atoms with Crippen molar-refractivity contribution in [2.45, 2.75) is 59.4 Å². The second kappa shape index (κ2) is 10.7. The van der Waals surface area contributed by atoms with E-state index in [1.807, 2.05) is 18.3 Å². The predicted octanol–water partition coefficient (Wildman–Crippen LogP) is 4.18. The third-order valence-corrected chi connectivity index (χ3v) is 3.56. The number of unbranched alkanes of at least 4 members (excludes halogenated alkanes) is 1. The summed E-state index contributed by atoms with van der Waals surface area (Å²) in [6.07, 6.45) is 8.00. The minimum atomic E-state index is 0.667. The minimum absolute atomic E-state index is 0.667. The summed E-state index contributed by atoms with van der Waals surface area (Å²) in [5.74, 6) is 1.56. The van der Waals surface area contributed by atoms with Gasteiger partial charge in [0, 0.05) is 6.54 Å². The summed E-state index contributed by atoms with van der Waals surface area (Å²) >= 11 is 0. The Labute approximate surface area is 124 Å². The first-order chi connectivity index (χ1) is 9.80. The number of nitrogens with one attached hydrogen (secondary N) is 1. The van der Waals surface area contributed by atoms with Gasteiger partial charge in [-0.3, -0.25) is 4.98 Å². The van der Waals surface area contributed by atoms with Gasteiger partial charge in [-0.1, -0.05) is 40.0 Å². The SMILES string of the molecule is CCCCC(CC)COc1ccc(CNCCC)nc1. The molecule has 1 N–H and O–H groups in total. The van der Waals surface area contributed by atoms with Crippen LogP contribution in [0.1, 0.15) is 58.6 Å². The maximum absolute atomic E-state index is 5.85. The van der Waals surface area contributed by atoms with Gasteiger partial charge in [-0.2, -0.15) is 0 Å². The lowest BCUT2D eigenvalue weighted by molar-refractivity contribution is 0.232. The predicted molar refractivity (Wildman–Crippen MR) is 85.0 cm³/mol. The Hall–Kier alpha value is -1.09. The molecule has 0 spiro atoms. The second-order valence-electron chi connectivity index (χ2n) is 5.39. The zero-order valence-electron chi connectivity index (χ0n) is 13.3. The quantitative estimate of drug-likeness (QED) is 0.617. The molecule has 0 aliphatic carbocycles. The van der Waals surface area contributed by atoms with Crippen molar-refractivity contribution >= 4 is 0 Å². The third-order valence-electron chi connectivity index (χ3n) is 3.56. The second-order valence-corrected chi connectivity index (χ2v) is 5.39. The summed E-state index contributed by atoms with van der Waals surface area (Å²) in [7, 11) is 0. The van der Waals surface area contributed by atoms with E-state index in [9.17, 15) is 0 Å². The number of pyridine rings is 1. The fourth-order valence-electron chi connectivity index (χ4n) is 2.11. The molecular weight excluding hydrogens is 248 g/mol. The number of ether oxygens (including phenoxy) is 1. The maximum atomic E-state index is 5.85. The highest BCUT2D eigenvalue weighted by atomic mass is 16.5. The molecule has 1 aromatic heterocycles. The van der Waals surface area contributed by atoms with Crippen LogP contribution in [0.2, 0.25) is 0 Å². The number of nitrogens with zero attached hydrogens (tertiary/aromatic N) is 1. The van der Waals surface area contributed by atoms with Gasteiger partial charge in [-0.15, -0.1) is 0 Å². The number of aromatic nitrogens is 1. The molecule has 0 bridgehead atoms. The first-order valence-electron chi connectivity index (χ1n) is 8.08. The highest BCUT2D eigenvalue weighted by Gasteiger charge is 2.07. The van der Waals surface area contributed by atoms with Crippen LogP contribution in [0.3, 0.4) is 0 Å². The van der Waals surface area contributed by atoms with E-state index < -0.39 is 0 Å². The van der Waals surface area contributed by atoms with E-state index in [0.717, 1.165) is 37.6 Å². The van der Waals surface area contributed by atoms with E-state index in [1.165, 1.54) is 25.7 Å². The molecular formula is C17H30N2O. The Morgan fingerprint density at radius 3 is 2.65 bits per heavy atom. The smallest absolute Gasteiger partial charge is 0.137 e. The summed E-state index contributed by atoms with van der Waals surface area (Å²) in [6.45, 7) is 9.33. The van der Waals surface area contributed by atoms with Gasteiger partial charge in [-0.05, 0) is 37.4 Å². The lowest BCUT2D eigenvalue weighted by atomic mass is 10.0. The van der Waals surface area contributed by atoms with Crippen LogP contribution in [0, 0.1) is 5.92 Å². The molecule has 0 fully saturated rings. The van der Waals surface area contributed by atoms with Crippen molar-refractivity contribution < 1.29 is 4.74 Å². The van der Waals surface area contributed by atoms with Crippen LogP contribution >= 0.6 is 0 Å². The zero-order valence-corrected chi connectivity index (χ0v) is 13.3. The van der Waals surface area contributed by atoms with Crippen molar-refractivity contribution in [3.8, 4) is 5.75 Å². The van der Waals surface area contributed by atoms with Gasteiger partial charge in [0.15, 0.2) is 0 Å². The van der Waals surface area contributed by atoms with Gasteiger partial charge in [-0.25, -0.2) is 0 Å². The Morgan fingerprint density at radius 2 is 2.05 bits per heavy atom. The molecule has 0 radical (unpaired) electrons. The van der Waals surface area contributed by atoms with Crippen molar-refractivity contribution in [3.63, 3.8) is 0 Å². The van der Waals surface area contributed by atoms with Crippen molar-refractivity contribution in [2.24, 2.45) is 5.92 Å². The van der Waals surface area contributed by atoms with Gasteiger partial charge in [0.05, 0.1) is 18.5 Å². The molecule has 0 aliphatic rings. The zero-order chi connectivity index (χ0) is 14.6. The van der Waals surface area contributed by atoms with E-state index in [4.69, 9.17) is 4.74 Å². The lowest BCUT2D eigenvalue weighted by Crippen LogP contribution is -2.15. The molecule has 1 unspecified atom stereocenters. The molecule has 0 saturated heterocycles. The molecule has 114 valence electrons. The minimum Gasteiger partial charge on any atom is -0.492 e. The van der Waals surface area contributed by atoms with Crippen molar-refractivity contribution in [1.82, 2.24) is 10.3 Å². The average Bonchev–Trinajstić information content (AvgIpc) is 2.49. The first kappa shape index (κ1) is 17.0. The van der Waals surface area contributed by atoms with Gasteiger partial charge < -0.3 is 10.1 Å². The molecule has 1 heterocycles.